The Morgan fingerprint density at radius 3 is 3.11 bits per heavy atom. The van der Waals surface area contributed by atoms with E-state index in [-0.39, 0.29) is 6.04 Å². The first kappa shape index (κ1) is 6.04. The maximum atomic E-state index is 5.55. The zero-order valence-corrected chi connectivity index (χ0v) is 5.04. The van der Waals surface area contributed by atoms with Crippen LogP contribution < -0.4 is 5.73 Å². The smallest absolute Gasteiger partial charge is 0.0922 e. The molecule has 0 saturated heterocycles. The minimum atomic E-state index is -0.118. The van der Waals surface area contributed by atoms with Gasteiger partial charge in [0.2, 0.25) is 0 Å². The lowest BCUT2D eigenvalue weighted by Gasteiger charge is -1.98. The van der Waals surface area contributed by atoms with Gasteiger partial charge < -0.3 is 10.7 Å². The summed E-state index contributed by atoms with van der Waals surface area (Å²) in [6.07, 6.45) is 4.94. The molecule has 0 radical (unpaired) electrons. The Labute approximate surface area is 53.6 Å². The number of imidazole rings is 1. The van der Waals surface area contributed by atoms with Gasteiger partial charge in [-0.1, -0.05) is 6.08 Å². The number of nitrogens with one attached hydrogen (secondary N) is 1. The number of nitrogens with two attached hydrogens (primary N) is 1. The van der Waals surface area contributed by atoms with Crippen molar-refractivity contribution in [1.29, 1.82) is 0 Å². The second-order valence-electron chi connectivity index (χ2n) is 1.77. The molecule has 0 aliphatic rings. The minimum Gasteiger partial charge on any atom is -0.347 e. The fourth-order valence-electron chi connectivity index (χ4n) is 0.576. The summed E-state index contributed by atoms with van der Waals surface area (Å²) in [6.45, 7) is 3.54. The van der Waals surface area contributed by atoms with Gasteiger partial charge in [-0.25, -0.2) is 4.98 Å². The molecule has 1 aromatic heterocycles. The van der Waals surface area contributed by atoms with E-state index >= 15 is 0 Å². The summed E-state index contributed by atoms with van der Waals surface area (Å²) in [4.78, 5) is 6.69. The molecule has 0 fully saturated rings. The van der Waals surface area contributed by atoms with Gasteiger partial charge in [-0.05, 0) is 0 Å². The molecule has 0 aliphatic carbocycles. The van der Waals surface area contributed by atoms with E-state index in [4.69, 9.17) is 5.73 Å². The second kappa shape index (κ2) is 2.46. The SMILES string of the molecule is C=CC(N)c1cnc[nH]1. The molecule has 3 heteroatoms. The zero-order valence-electron chi connectivity index (χ0n) is 5.04. The van der Waals surface area contributed by atoms with E-state index in [1.807, 2.05) is 0 Å². The Hall–Kier alpha value is -1.09. The lowest BCUT2D eigenvalue weighted by Crippen LogP contribution is -2.06. The lowest BCUT2D eigenvalue weighted by atomic mass is 10.2. The molecule has 1 atom stereocenters. The van der Waals surface area contributed by atoms with Crippen LogP contribution in [-0.2, 0) is 0 Å². The first-order valence-electron chi connectivity index (χ1n) is 2.71. The van der Waals surface area contributed by atoms with E-state index in [1.165, 1.54) is 0 Å². The second-order valence-corrected chi connectivity index (χ2v) is 1.77. The number of aromatic nitrogens is 2. The fourth-order valence-corrected chi connectivity index (χ4v) is 0.576. The highest BCUT2D eigenvalue weighted by atomic mass is 14.9. The molecular weight excluding hydrogens is 114 g/mol. The van der Waals surface area contributed by atoms with Crippen molar-refractivity contribution in [2.75, 3.05) is 0 Å². The molecule has 3 N–H and O–H groups in total. The van der Waals surface area contributed by atoms with Crippen molar-refractivity contribution < 1.29 is 0 Å². The molecule has 0 aromatic carbocycles. The molecule has 0 saturated carbocycles. The fraction of sp³-hybridized carbons (Fsp3) is 0.167. The molecule has 0 amide bonds. The van der Waals surface area contributed by atoms with Crippen LogP contribution >= 0.6 is 0 Å². The van der Waals surface area contributed by atoms with Crippen molar-refractivity contribution in [2.24, 2.45) is 5.73 Å². The quantitative estimate of drug-likeness (QED) is 0.565. The first-order valence-corrected chi connectivity index (χ1v) is 2.71. The monoisotopic (exact) mass is 123 g/mol. The highest BCUT2D eigenvalue weighted by Crippen LogP contribution is 2.03. The van der Waals surface area contributed by atoms with Gasteiger partial charge in [0, 0.05) is 6.20 Å². The molecule has 3 nitrogen and oxygen atoms in total. The number of hydrogen-bond donors (Lipinski definition) is 2. The Morgan fingerprint density at radius 2 is 2.67 bits per heavy atom. The number of nitrogens with zero attached hydrogens (tertiary/aromatic N) is 1. The van der Waals surface area contributed by atoms with Crippen molar-refractivity contribution in [3.63, 3.8) is 0 Å². The Balaban J connectivity index is 2.76. The van der Waals surface area contributed by atoms with Crippen LogP contribution in [0.5, 0.6) is 0 Å². The predicted octanol–water partition coefficient (Wildman–Crippen LogP) is 0.596. The van der Waals surface area contributed by atoms with Crippen LogP contribution in [0.1, 0.15) is 11.7 Å². The van der Waals surface area contributed by atoms with Gasteiger partial charge in [0.25, 0.3) is 0 Å². The normalized spacial score (nSPS) is 13.0. The molecule has 1 heterocycles. The highest BCUT2D eigenvalue weighted by molar-refractivity contribution is 5.07. The van der Waals surface area contributed by atoms with Crippen LogP contribution in [-0.4, -0.2) is 9.97 Å². The van der Waals surface area contributed by atoms with E-state index in [2.05, 4.69) is 16.5 Å². The summed E-state index contributed by atoms with van der Waals surface area (Å²) in [6, 6.07) is -0.118. The number of rotatable bonds is 2. The number of hydrogen-bond acceptors (Lipinski definition) is 2. The highest BCUT2D eigenvalue weighted by Gasteiger charge is 1.98. The minimum absolute atomic E-state index is 0.118. The third kappa shape index (κ3) is 1.17. The molecule has 0 aliphatic heterocycles. The van der Waals surface area contributed by atoms with Gasteiger partial charge in [-0.15, -0.1) is 6.58 Å². The van der Waals surface area contributed by atoms with Crippen molar-refractivity contribution in [1.82, 2.24) is 9.97 Å². The van der Waals surface area contributed by atoms with Crippen molar-refractivity contribution in [2.45, 2.75) is 6.04 Å². The Morgan fingerprint density at radius 1 is 1.89 bits per heavy atom. The average molecular weight is 123 g/mol. The standard InChI is InChI=1S/C6H9N3/c1-2-5(7)6-3-8-4-9-6/h2-5H,1,7H2,(H,8,9). The maximum absolute atomic E-state index is 5.55. The molecule has 1 unspecified atom stereocenters. The first-order chi connectivity index (χ1) is 4.34. The molecule has 0 spiro atoms. The summed E-state index contributed by atoms with van der Waals surface area (Å²) >= 11 is 0. The Bertz CT molecular complexity index is 178. The summed E-state index contributed by atoms with van der Waals surface area (Å²) in [7, 11) is 0. The molecule has 9 heavy (non-hydrogen) atoms. The van der Waals surface area contributed by atoms with Crippen LogP contribution in [0.2, 0.25) is 0 Å². The molecular formula is C6H9N3. The topological polar surface area (TPSA) is 54.7 Å². The average Bonchev–Trinajstić information content (AvgIpc) is 2.37. The van der Waals surface area contributed by atoms with E-state index in [0.717, 1.165) is 5.69 Å². The van der Waals surface area contributed by atoms with E-state index in [1.54, 1.807) is 18.6 Å². The van der Waals surface area contributed by atoms with E-state index in [9.17, 15) is 0 Å². The third-order valence-corrected chi connectivity index (χ3v) is 1.13. The van der Waals surface area contributed by atoms with Crippen LogP contribution in [0.25, 0.3) is 0 Å². The predicted molar refractivity (Wildman–Crippen MR) is 35.7 cm³/mol. The summed E-state index contributed by atoms with van der Waals surface area (Å²) in [5.41, 5.74) is 6.44. The van der Waals surface area contributed by atoms with Crippen molar-refractivity contribution in [3.8, 4) is 0 Å². The summed E-state index contributed by atoms with van der Waals surface area (Å²) < 4.78 is 0. The van der Waals surface area contributed by atoms with Gasteiger partial charge in [-0.2, -0.15) is 0 Å². The summed E-state index contributed by atoms with van der Waals surface area (Å²) in [5.74, 6) is 0. The largest absolute Gasteiger partial charge is 0.347 e. The van der Waals surface area contributed by atoms with Crippen LogP contribution in [0.15, 0.2) is 25.2 Å². The molecule has 1 aromatic rings. The van der Waals surface area contributed by atoms with Crippen LogP contribution in [0.4, 0.5) is 0 Å². The Kier molecular flexibility index (Phi) is 1.65. The van der Waals surface area contributed by atoms with Crippen LogP contribution in [0, 0.1) is 0 Å². The third-order valence-electron chi connectivity index (χ3n) is 1.13. The number of H-pyrrole nitrogens is 1. The lowest BCUT2D eigenvalue weighted by molar-refractivity contribution is 0.876. The van der Waals surface area contributed by atoms with E-state index in [0.29, 0.717) is 0 Å². The molecule has 1 rings (SSSR count). The van der Waals surface area contributed by atoms with E-state index < -0.39 is 0 Å². The van der Waals surface area contributed by atoms with Gasteiger partial charge in [0.05, 0.1) is 18.1 Å². The van der Waals surface area contributed by atoms with Gasteiger partial charge in [0.15, 0.2) is 0 Å². The number of aromatic amines is 1. The van der Waals surface area contributed by atoms with Crippen molar-refractivity contribution in [3.05, 3.63) is 30.9 Å². The molecule has 48 valence electrons. The van der Waals surface area contributed by atoms with Crippen molar-refractivity contribution >= 4 is 0 Å². The summed E-state index contributed by atoms with van der Waals surface area (Å²) in [5, 5.41) is 0. The van der Waals surface area contributed by atoms with Gasteiger partial charge in [-0.3, -0.25) is 0 Å². The van der Waals surface area contributed by atoms with Gasteiger partial charge >= 0.3 is 0 Å². The van der Waals surface area contributed by atoms with Gasteiger partial charge in [0.1, 0.15) is 0 Å². The zero-order chi connectivity index (χ0) is 6.69. The maximum Gasteiger partial charge on any atom is 0.0922 e. The van der Waals surface area contributed by atoms with Crippen LogP contribution in [0.3, 0.4) is 0 Å². The molecule has 0 bridgehead atoms.